The van der Waals surface area contributed by atoms with Gasteiger partial charge in [-0.15, -0.1) is 5.10 Å². The molecule has 1 aromatic carbocycles. The van der Waals surface area contributed by atoms with E-state index in [1.54, 1.807) is 6.20 Å². The van der Waals surface area contributed by atoms with Crippen molar-refractivity contribution >= 4 is 5.97 Å². The topological polar surface area (TPSA) is 68.0 Å². The van der Waals surface area contributed by atoms with E-state index in [1.807, 2.05) is 37.3 Å². The van der Waals surface area contributed by atoms with E-state index in [1.165, 1.54) is 4.68 Å². The van der Waals surface area contributed by atoms with Gasteiger partial charge in [-0.05, 0) is 12.0 Å². The number of carboxylic acid groups (broad SMARTS) is 1. The van der Waals surface area contributed by atoms with Crippen LogP contribution in [0.2, 0.25) is 0 Å². The van der Waals surface area contributed by atoms with Gasteiger partial charge in [-0.25, -0.2) is 9.48 Å². The predicted octanol–water partition coefficient (Wildman–Crippen LogP) is 2.68. The van der Waals surface area contributed by atoms with E-state index in [2.05, 4.69) is 10.3 Å². The van der Waals surface area contributed by atoms with E-state index < -0.39 is 12.0 Å². The summed E-state index contributed by atoms with van der Waals surface area (Å²) in [5.74, 6) is -0.852. The van der Waals surface area contributed by atoms with Crippen LogP contribution in [-0.4, -0.2) is 26.1 Å². The molecule has 1 aromatic heterocycles. The molecular formula is C15H19N3O2. The molecule has 1 atom stereocenters. The first kappa shape index (κ1) is 14.2. The third-order valence-electron chi connectivity index (χ3n) is 3.22. The van der Waals surface area contributed by atoms with Gasteiger partial charge in [0.2, 0.25) is 0 Å². The van der Waals surface area contributed by atoms with Crippen molar-refractivity contribution in [3.8, 4) is 0 Å². The summed E-state index contributed by atoms with van der Waals surface area (Å²) < 4.78 is 1.47. The van der Waals surface area contributed by atoms with Crippen LogP contribution in [-0.2, 0) is 11.2 Å². The monoisotopic (exact) mass is 273 g/mol. The van der Waals surface area contributed by atoms with Crippen LogP contribution in [0.4, 0.5) is 0 Å². The number of carbonyl (C=O) groups is 1. The lowest BCUT2D eigenvalue weighted by Gasteiger charge is -2.10. The van der Waals surface area contributed by atoms with Crippen molar-refractivity contribution in [3.63, 3.8) is 0 Å². The van der Waals surface area contributed by atoms with Crippen LogP contribution in [0.3, 0.4) is 0 Å². The van der Waals surface area contributed by atoms with Gasteiger partial charge in [0.1, 0.15) is 0 Å². The number of hydrogen-bond acceptors (Lipinski definition) is 3. The van der Waals surface area contributed by atoms with E-state index in [9.17, 15) is 9.90 Å². The lowest BCUT2D eigenvalue weighted by molar-refractivity contribution is -0.141. The van der Waals surface area contributed by atoms with E-state index in [0.717, 1.165) is 24.1 Å². The second kappa shape index (κ2) is 6.84. The molecule has 1 N–H and O–H groups in total. The van der Waals surface area contributed by atoms with Crippen LogP contribution in [0.1, 0.15) is 43.5 Å². The number of benzene rings is 1. The highest BCUT2D eigenvalue weighted by Crippen LogP contribution is 2.15. The van der Waals surface area contributed by atoms with Crippen molar-refractivity contribution in [3.05, 3.63) is 47.8 Å². The van der Waals surface area contributed by atoms with E-state index in [0.29, 0.717) is 12.8 Å². The predicted molar refractivity (Wildman–Crippen MR) is 75.5 cm³/mol. The fourth-order valence-electron chi connectivity index (χ4n) is 2.12. The highest BCUT2D eigenvalue weighted by atomic mass is 16.4. The summed E-state index contributed by atoms with van der Waals surface area (Å²) in [5, 5.41) is 17.3. The maximum absolute atomic E-state index is 11.3. The van der Waals surface area contributed by atoms with Crippen LogP contribution < -0.4 is 0 Å². The Balaban J connectivity index is 2.08. The van der Waals surface area contributed by atoms with Crippen molar-refractivity contribution in [1.29, 1.82) is 0 Å². The summed E-state index contributed by atoms with van der Waals surface area (Å²) in [6.45, 7) is 2.04. The molecule has 0 aliphatic carbocycles. The van der Waals surface area contributed by atoms with Gasteiger partial charge in [-0.3, -0.25) is 0 Å². The zero-order chi connectivity index (χ0) is 14.4. The number of rotatable bonds is 7. The van der Waals surface area contributed by atoms with Gasteiger partial charge in [-0.2, -0.15) is 0 Å². The average Bonchev–Trinajstić information content (AvgIpc) is 2.88. The van der Waals surface area contributed by atoms with Crippen molar-refractivity contribution in [2.24, 2.45) is 0 Å². The Morgan fingerprint density at radius 1 is 1.35 bits per heavy atom. The zero-order valence-electron chi connectivity index (χ0n) is 11.6. The van der Waals surface area contributed by atoms with Crippen molar-refractivity contribution in [2.75, 3.05) is 0 Å². The van der Waals surface area contributed by atoms with Gasteiger partial charge >= 0.3 is 5.97 Å². The Bertz CT molecular complexity index is 551. The average molecular weight is 273 g/mol. The molecule has 0 aliphatic heterocycles. The Kier molecular flexibility index (Phi) is 4.87. The summed E-state index contributed by atoms with van der Waals surface area (Å²) in [7, 11) is 0. The molecule has 0 radical (unpaired) electrons. The highest BCUT2D eigenvalue weighted by Gasteiger charge is 2.20. The summed E-state index contributed by atoms with van der Waals surface area (Å²) in [6.07, 6.45) is 4.82. The summed E-state index contributed by atoms with van der Waals surface area (Å²) >= 11 is 0. The second-order valence-electron chi connectivity index (χ2n) is 4.85. The van der Waals surface area contributed by atoms with Gasteiger partial charge in [-0.1, -0.05) is 55.3 Å². The number of unbranched alkanes of at least 4 members (excludes halogenated alkanes) is 1. The molecule has 5 heteroatoms. The van der Waals surface area contributed by atoms with Gasteiger partial charge in [0.05, 0.1) is 5.69 Å². The number of aliphatic carboxylic acids is 1. The number of carboxylic acids is 1. The van der Waals surface area contributed by atoms with Gasteiger partial charge in [0.15, 0.2) is 6.04 Å². The smallest absolute Gasteiger partial charge is 0.328 e. The molecular weight excluding hydrogens is 254 g/mol. The summed E-state index contributed by atoms with van der Waals surface area (Å²) in [6, 6.07) is 9.33. The first-order valence-corrected chi connectivity index (χ1v) is 6.88. The Hall–Kier alpha value is -2.17. The Labute approximate surface area is 118 Å². The number of hydrogen-bond donors (Lipinski definition) is 1. The first-order chi connectivity index (χ1) is 9.70. The zero-order valence-corrected chi connectivity index (χ0v) is 11.6. The SMILES string of the molecule is CCCC[C@@H](C(=O)O)n1cc(Cc2ccccc2)nn1. The van der Waals surface area contributed by atoms with Gasteiger partial charge in [0.25, 0.3) is 0 Å². The molecule has 0 fully saturated rings. The van der Waals surface area contributed by atoms with Crippen molar-refractivity contribution < 1.29 is 9.90 Å². The van der Waals surface area contributed by atoms with Crippen LogP contribution in [0.15, 0.2) is 36.5 Å². The molecule has 0 bridgehead atoms. The minimum absolute atomic E-state index is 0.583. The van der Waals surface area contributed by atoms with Crippen LogP contribution in [0, 0.1) is 0 Å². The molecule has 1 heterocycles. The molecule has 2 rings (SSSR count). The fourth-order valence-corrected chi connectivity index (χ4v) is 2.12. The van der Waals surface area contributed by atoms with Gasteiger partial charge in [0, 0.05) is 12.6 Å². The quantitative estimate of drug-likeness (QED) is 0.842. The van der Waals surface area contributed by atoms with Gasteiger partial charge < -0.3 is 5.11 Å². The molecule has 0 saturated carbocycles. The van der Waals surface area contributed by atoms with Crippen molar-refractivity contribution in [1.82, 2.24) is 15.0 Å². The van der Waals surface area contributed by atoms with E-state index in [4.69, 9.17) is 0 Å². The fraction of sp³-hybridized carbons (Fsp3) is 0.400. The molecule has 2 aromatic rings. The van der Waals surface area contributed by atoms with E-state index in [-0.39, 0.29) is 0 Å². The third kappa shape index (κ3) is 3.66. The maximum Gasteiger partial charge on any atom is 0.328 e. The number of aromatic nitrogens is 3. The molecule has 0 amide bonds. The Morgan fingerprint density at radius 2 is 2.10 bits per heavy atom. The standard InChI is InChI=1S/C15H19N3O2/c1-2-3-9-14(15(19)20)18-11-13(16-17-18)10-12-7-5-4-6-8-12/h4-8,11,14H,2-3,9-10H2,1H3,(H,19,20)/t14-/m0/s1. The molecule has 0 aliphatic rings. The largest absolute Gasteiger partial charge is 0.480 e. The molecule has 106 valence electrons. The molecule has 0 unspecified atom stereocenters. The first-order valence-electron chi connectivity index (χ1n) is 6.88. The second-order valence-corrected chi connectivity index (χ2v) is 4.85. The molecule has 5 nitrogen and oxygen atoms in total. The molecule has 0 saturated heterocycles. The lowest BCUT2D eigenvalue weighted by Crippen LogP contribution is -2.19. The summed E-state index contributed by atoms with van der Waals surface area (Å²) in [4.78, 5) is 11.3. The molecule has 0 spiro atoms. The highest BCUT2D eigenvalue weighted by molar-refractivity contribution is 5.71. The van der Waals surface area contributed by atoms with Crippen LogP contribution in [0.5, 0.6) is 0 Å². The van der Waals surface area contributed by atoms with Crippen LogP contribution in [0.25, 0.3) is 0 Å². The molecule has 20 heavy (non-hydrogen) atoms. The normalized spacial score (nSPS) is 12.2. The minimum atomic E-state index is -0.852. The van der Waals surface area contributed by atoms with Crippen molar-refractivity contribution in [2.45, 2.75) is 38.6 Å². The minimum Gasteiger partial charge on any atom is -0.480 e. The third-order valence-corrected chi connectivity index (χ3v) is 3.22. The number of nitrogens with zero attached hydrogens (tertiary/aromatic N) is 3. The Morgan fingerprint density at radius 3 is 2.75 bits per heavy atom. The van der Waals surface area contributed by atoms with E-state index >= 15 is 0 Å². The summed E-state index contributed by atoms with van der Waals surface area (Å²) in [5.41, 5.74) is 1.93. The lowest BCUT2D eigenvalue weighted by atomic mass is 10.1. The van der Waals surface area contributed by atoms with Crippen LogP contribution >= 0.6 is 0 Å². The maximum atomic E-state index is 11.3.